The van der Waals surface area contributed by atoms with E-state index in [-0.39, 0.29) is 12.6 Å². The first-order valence-corrected chi connectivity index (χ1v) is 7.46. The number of likely N-dealkylation sites (N-methyl/N-ethyl adjacent to an activating group) is 1. The second-order valence-electron chi connectivity index (χ2n) is 4.82. The minimum Gasteiger partial charge on any atom is -0.395 e. The average molecular weight is 312 g/mol. The molecule has 6 heteroatoms. The third-order valence-corrected chi connectivity index (χ3v) is 3.19. The quantitative estimate of drug-likeness (QED) is 0.792. The highest BCUT2D eigenvalue weighted by atomic mass is 16.3. The van der Waals surface area contributed by atoms with E-state index in [0.29, 0.717) is 24.5 Å². The SMILES string of the molecule is CCN(CCO)C(=O)Nc1ccc(N=Nc2ccccc2)cc1. The van der Waals surface area contributed by atoms with Crippen LogP contribution in [0.25, 0.3) is 0 Å². The molecule has 6 nitrogen and oxygen atoms in total. The van der Waals surface area contributed by atoms with Crippen LogP contribution in [0, 0.1) is 0 Å². The van der Waals surface area contributed by atoms with Crippen LogP contribution < -0.4 is 5.32 Å². The molecule has 0 aliphatic carbocycles. The van der Waals surface area contributed by atoms with Gasteiger partial charge in [0.1, 0.15) is 0 Å². The second kappa shape index (κ2) is 8.65. The number of hydrogen-bond acceptors (Lipinski definition) is 4. The lowest BCUT2D eigenvalue weighted by atomic mass is 10.3. The summed E-state index contributed by atoms with van der Waals surface area (Å²) in [4.78, 5) is 13.5. The summed E-state index contributed by atoms with van der Waals surface area (Å²) in [5, 5.41) is 20.0. The van der Waals surface area contributed by atoms with E-state index in [1.165, 1.54) is 4.90 Å². The van der Waals surface area contributed by atoms with Crippen LogP contribution in [0.1, 0.15) is 6.92 Å². The van der Waals surface area contributed by atoms with Gasteiger partial charge in [0.25, 0.3) is 0 Å². The van der Waals surface area contributed by atoms with E-state index in [9.17, 15) is 4.79 Å². The topological polar surface area (TPSA) is 77.3 Å². The Morgan fingerprint density at radius 1 is 1.04 bits per heavy atom. The number of azo groups is 1. The Hall–Kier alpha value is -2.73. The standard InChI is InChI=1S/C17H20N4O2/c1-2-21(12-13-22)17(23)18-14-8-10-16(11-9-14)20-19-15-6-4-3-5-7-15/h3-11,22H,2,12-13H2,1H3,(H,18,23). The van der Waals surface area contributed by atoms with E-state index >= 15 is 0 Å². The number of nitrogens with zero attached hydrogens (tertiary/aromatic N) is 3. The molecule has 0 unspecified atom stereocenters. The van der Waals surface area contributed by atoms with Crippen molar-refractivity contribution < 1.29 is 9.90 Å². The number of rotatable bonds is 6. The maximum atomic E-state index is 12.0. The lowest BCUT2D eigenvalue weighted by molar-refractivity contribution is 0.192. The summed E-state index contributed by atoms with van der Waals surface area (Å²) >= 11 is 0. The van der Waals surface area contributed by atoms with Crippen LogP contribution in [0.5, 0.6) is 0 Å². The van der Waals surface area contributed by atoms with Crippen LogP contribution in [0.3, 0.4) is 0 Å². The maximum Gasteiger partial charge on any atom is 0.321 e. The van der Waals surface area contributed by atoms with Crippen molar-refractivity contribution in [1.29, 1.82) is 0 Å². The van der Waals surface area contributed by atoms with Gasteiger partial charge in [0, 0.05) is 18.8 Å². The van der Waals surface area contributed by atoms with Crippen LogP contribution in [0.15, 0.2) is 64.8 Å². The summed E-state index contributed by atoms with van der Waals surface area (Å²) in [6.45, 7) is 2.66. The molecule has 0 fully saturated rings. The Morgan fingerprint density at radius 2 is 1.65 bits per heavy atom. The van der Waals surface area contributed by atoms with Gasteiger partial charge in [0.05, 0.1) is 18.0 Å². The first-order chi connectivity index (χ1) is 11.2. The highest BCUT2D eigenvalue weighted by molar-refractivity contribution is 5.89. The van der Waals surface area contributed by atoms with Crippen molar-refractivity contribution in [3.8, 4) is 0 Å². The van der Waals surface area contributed by atoms with Crippen LogP contribution >= 0.6 is 0 Å². The molecule has 0 aromatic heterocycles. The lowest BCUT2D eigenvalue weighted by Crippen LogP contribution is -2.36. The molecule has 0 saturated carbocycles. The Balaban J connectivity index is 1.97. The molecule has 2 rings (SSSR count). The zero-order chi connectivity index (χ0) is 16.5. The van der Waals surface area contributed by atoms with Crippen molar-refractivity contribution in [2.75, 3.05) is 25.0 Å². The Kier molecular flexibility index (Phi) is 6.26. The molecule has 0 radical (unpaired) electrons. The fourth-order valence-electron chi connectivity index (χ4n) is 1.95. The van der Waals surface area contributed by atoms with Crippen LogP contribution in [0.2, 0.25) is 0 Å². The first kappa shape index (κ1) is 16.6. The van der Waals surface area contributed by atoms with Gasteiger partial charge in [0.2, 0.25) is 0 Å². The average Bonchev–Trinajstić information content (AvgIpc) is 2.60. The van der Waals surface area contributed by atoms with E-state index in [4.69, 9.17) is 5.11 Å². The molecule has 0 aliphatic heterocycles. The van der Waals surface area contributed by atoms with Crippen LogP contribution in [0.4, 0.5) is 21.9 Å². The number of benzene rings is 2. The van der Waals surface area contributed by atoms with Gasteiger partial charge < -0.3 is 15.3 Å². The molecule has 2 amide bonds. The highest BCUT2D eigenvalue weighted by Crippen LogP contribution is 2.20. The molecule has 23 heavy (non-hydrogen) atoms. The molecule has 2 aromatic rings. The summed E-state index contributed by atoms with van der Waals surface area (Å²) in [5.41, 5.74) is 2.16. The van der Waals surface area contributed by atoms with Gasteiger partial charge in [-0.1, -0.05) is 18.2 Å². The predicted octanol–water partition coefficient (Wildman–Crippen LogP) is 3.95. The minimum atomic E-state index is -0.236. The number of carbonyl (C=O) groups is 1. The second-order valence-corrected chi connectivity index (χ2v) is 4.82. The Labute approximate surface area is 135 Å². The van der Waals surface area contributed by atoms with Crippen molar-refractivity contribution >= 4 is 23.1 Å². The molecular formula is C17H20N4O2. The molecule has 0 heterocycles. The number of amides is 2. The van der Waals surface area contributed by atoms with E-state index < -0.39 is 0 Å². The maximum absolute atomic E-state index is 12.0. The summed E-state index contributed by atoms with van der Waals surface area (Å²) < 4.78 is 0. The van der Waals surface area contributed by atoms with Crippen molar-refractivity contribution in [2.24, 2.45) is 10.2 Å². The first-order valence-electron chi connectivity index (χ1n) is 7.46. The fourth-order valence-corrected chi connectivity index (χ4v) is 1.95. The van der Waals surface area contributed by atoms with Crippen molar-refractivity contribution in [3.63, 3.8) is 0 Å². The summed E-state index contributed by atoms with van der Waals surface area (Å²) in [6.07, 6.45) is 0. The number of anilines is 1. The molecule has 0 bridgehead atoms. The normalized spacial score (nSPS) is 10.7. The van der Waals surface area contributed by atoms with Crippen LogP contribution in [-0.2, 0) is 0 Å². The minimum absolute atomic E-state index is 0.0555. The molecule has 2 aromatic carbocycles. The van der Waals surface area contributed by atoms with Crippen molar-refractivity contribution in [1.82, 2.24) is 4.90 Å². The molecule has 120 valence electrons. The van der Waals surface area contributed by atoms with Gasteiger partial charge in [-0.25, -0.2) is 4.79 Å². The third-order valence-electron chi connectivity index (χ3n) is 3.19. The molecule has 0 atom stereocenters. The molecule has 0 aliphatic rings. The lowest BCUT2D eigenvalue weighted by Gasteiger charge is -2.20. The summed E-state index contributed by atoms with van der Waals surface area (Å²) in [5.74, 6) is 0. The van der Waals surface area contributed by atoms with Gasteiger partial charge in [-0.15, -0.1) is 0 Å². The van der Waals surface area contributed by atoms with Gasteiger partial charge in [-0.2, -0.15) is 10.2 Å². The molecule has 0 spiro atoms. The summed E-state index contributed by atoms with van der Waals surface area (Å²) in [6, 6.07) is 16.3. The third kappa shape index (κ3) is 5.19. The van der Waals surface area contributed by atoms with Gasteiger partial charge >= 0.3 is 6.03 Å². The van der Waals surface area contributed by atoms with Gasteiger partial charge in [-0.3, -0.25) is 0 Å². The van der Waals surface area contributed by atoms with E-state index in [0.717, 1.165) is 5.69 Å². The number of aliphatic hydroxyl groups is 1. The highest BCUT2D eigenvalue weighted by Gasteiger charge is 2.10. The largest absolute Gasteiger partial charge is 0.395 e. The van der Waals surface area contributed by atoms with E-state index in [1.807, 2.05) is 37.3 Å². The Bertz CT molecular complexity index is 641. The molecule has 0 saturated heterocycles. The zero-order valence-corrected chi connectivity index (χ0v) is 13.0. The predicted molar refractivity (Wildman–Crippen MR) is 90.4 cm³/mol. The van der Waals surface area contributed by atoms with E-state index in [1.54, 1.807) is 24.3 Å². The zero-order valence-electron chi connectivity index (χ0n) is 13.0. The molecule has 2 N–H and O–H groups in total. The number of aliphatic hydroxyl groups excluding tert-OH is 1. The van der Waals surface area contributed by atoms with Gasteiger partial charge in [-0.05, 0) is 43.3 Å². The molecular weight excluding hydrogens is 292 g/mol. The van der Waals surface area contributed by atoms with Crippen molar-refractivity contribution in [3.05, 3.63) is 54.6 Å². The summed E-state index contributed by atoms with van der Waals surface area (Å²) in [7, 11) is 0. The van der Waals surface area contributed by atoms with Gasteiger partial charge in [0.15, 0.2) is 0 Å². The number of nitrogens with one attached hydrogen (secondary N) is 1. The number of hydrogen-bond donors (Lipinski definition) is 2. The Morgan fingerprint density at radius 3 is 2.22 bits per heavy atom. The fraction of sp³-hybridized carbons (Fsp3) is 0.235. The smallest absolute Gasteiger partial charge is 0.321 e. The monoisotopic (exact) mass is 312 g/mol. The number of urea groups is 1. The van der Waals surface area contributed by atoms with Crippen LogP contribution in [-0.4, -0.2) is 35.7 Å². The van der Waals surface area contributed by atoms with E-state index in [2.05, 4.69) is 15.5 Å². The number of carbonyl (C=O) groups excluding carboxylic acids is 1. The van der Waals surface area contributed by atoms with Crippen molar-refractivity contribution in [2.45, 2.75) is 6.92 Å².